The Balaban J connectivity index is 0.00000320. The second-order valence-corrected chi connectivity index (χ2v) is 8.29. The number of rotatable bonds is 5. The summed E-state index contributed by atoms with van der Waals surface area (Å²) in [5.41, 5.74) is 1.17. The third-order valence-electron chi connectivity index (χ3n) is 6.08. The van der Waals surface area contributed by atoms with Gasteiger partial charge in [-0.05, 0) is 50.3 Å². The molecular weight excluding hydrogens is 517 g/mol. The Morgan fingerprint density at radius 2 is 2.03 bits per heavy atom. The lowest BCUT2D eigenvalue weighted by Crippen LogP contribution is -2.47. The standard InChI is InChI=1S/C22H32ClN3O3.HI/c1-3-24-21(26-11-7-17(8-12-26)20(27)28-2)25-16-22(9-13-29-14-10-22)18-5-4-6-19(23)15-18;/h4-6,15,17H,3,7-14,16H2,1-2H3,(H,24,25);1H. The quantitative estimate of drug-likeness (QED) is 0.262. The highest BCUT2D eigenvalue weighted by Crippen LogP contribution is 2.36. The fraction of sp³-hybridized carbons (Fsp3) is 0.636. The lowest BCUT2D eigenvalue weighted by molar-refractivity contribution is -0.146. The Bertz CT molecular complexity index is 717. The number of guanidine groups is 1. The summed E-state index contributed by atoms with van der Waals surface area (Å²) in [5, 5.41) is 4.19. The Morgan fingerprint density at radius 3 is 2.63 bits per heavy atom. The van der Waals surface area contributed by atoms with Gasteiger partial charge in [-0.1, -0.05) is 23.7 Å². The molecule has 8 heteroatoms. The number of halogens is 2. The van der Waals surface area contributed by atoms with Crippen LogP contribution in [0, 0.1) is 5.92 Å². The highest BCUT2D eigenvalue weighted by molar-refractivity contribution is 14.0. The van der Waals surface area contributed by atoms with E-state index in [-0.39, 0.29) is 41.3 Å². The van der Waals surface area contributed by atoms with Crippen molar-refractivity contribution in [1.29, 1.82) is 0 Å². The van der Waals surface area contributed by atoms with E-state index in [0.29, 0.717) is 6.54 Å². The molecule has 0 aliphatic carbocycles. The molecule has 2 heterocycles. The Hall–Kier alpha value is -1.06. The average Bonchev–Trinajstić information content (AvgIpc) is 2.77. The summed E-state index contributed by atoms with van der Waals surface area (Å²) in [6.07, 6.45) is 3.45. The van der Waals surface area contributed by atoms with Gasteiger partial charge in [-0.25, -0.2) is 0 Å². The third kappa shape index (κ3) is 6.23. The van der Waals surface area contributed by atoms with Crippen molar-refractivity contribution in [3.05, 3.63) is 34.9 Å². The molecule has 6 nitrogen and oxygen atoms in total. The van der Waals surface area contributed by atoms with Gasteiger partial charge in [-0.15, -0.1) is 24.0 Å². The lowest BCUT2D eigenvalue weighted by Gasteiger charge is -2.38. The number of aliphatic imine (C=N–C) groups is 1. The van der Waals surface area contributed by atoms with Crippen molar-refractivity contribution in [2.24, 2.45) is 10.9 Å². The van der Waals surface area contributed by atoms with Gasteiger partial charge in [0.05, 0.1) is 19.6 Å². The molecule has 2 aliphatic heterocycles. The Kier molecular flexibility index (Phi) is 10.2. The average molecular weight is 550 g/mol. The zero-order chi connectivity index (χ0) is 20.7. The molecule has 0 unspecified atom stereocenters. The molecule has 0 amide bonds. The first-order chi connectivity index (χ1) is 14.1. The van der Waals surface area contributed by atoms with Gasteiger partial charge in [0.25, 0.3) is 0 Å². The second-order valence-electron chi connectivity index (χ2n) is 7.86. The van der Waals surface area contributed by atoms with Crippen LogP contribution in [-0.4, -0.2) is 63.3 Å². The number of methoxy groups -OCH3 is 1. The van der Waals surface area contributed by atoms with Crippen LogP contribution in [0.5, 0.6) is 0 Å². The fourth-order valence-corrected chi connectivity index (χ4v) is 4.45. The van der Waals surface area contributed by atoms with Crippen LogP contribution in [0.25, 0.3) is 0 Å². The van der Waals surface area contributed by atoms with E-state index in [1.807, 2.05) is 12.1 Å². The maximum atomic E-state index is 11.8. The molecule has 0 bridgehead atoms. The lowest BCUT2D eigenvalue weighted by atomic mass is 9.74. The zero-order valence-electron chi connectivity index (χ0n) is 17.9. The van der Waals surface area contributed by atoms with Crippen LogP contribution >= 0.6 is 35.6 Å². The van der Waals surface area contributed by atoms with Crippen molar-refractivity contribution < 1.29 is 14.3 Å². The molecule has 1 N–H and O–H groups in total. The zero-order valence-corrected chi connectivity index (χ0v) is 20.9. The molecule has 1 aromatic rings. The predicted octanol–water partition coefficient (Wildman–Crippen LogP) is 3.86. The van der Waals surface area contributed by atoms with E-state index in [0.717, 1.165) is 69.5 Å². The first-order valence-corrected chi connectivity index (χ1v) is 10.9. The number of hydrogen-bond acceptors (Lipinski definition) is 4. The number of likely N-dealkylation sites (tertiary alicyclic amines) is 1. The predicted molar refractivity (Wildman–Crippen MR) is 131 cm³/mol. The smallest absolute Gasteiger partial charge is 0.308 e. The van der Waals surface area contributed by atoms with Crippen LogP contribution < -0.4 is 5.32 Å². The molecule has 0 spiro atoms. The summed E-state index contributed by atoms with van der Waals surface area (Å²) in [4.78, 5) is 19.1. The van der Waals surface area contributed by atoms with Crippen molar-refractivity contribution in [1.82, 2.24) is 10.2 Å². The molecule has 2 fully saturated rings. The Morgan fingerprint density at radius 1 is 1.33 bits per heavy atom. The molecule has 2 saturated heterocycles. The van der Waals surface area contributed by atoms with E-state index in [2.05, 4.69) is 29.3 Å². The molecule has 30 heavy (non-hydrogen) atoms. The molecule has 3 rings (SSSR count). The first kappa shape index (κ1) is 25.2. The summed E-state index contributed by atoms with van der Waals surface area (Å²) in [5.74, 6) is 0.810. The van der Waals surface area contributed by atoms with Crippen molar-refractivity contribution in [2.45, 2.75) is 38.0 Å². The summed E-state index contributed by atoms with van der Waals surface area (Å²) in [6, 6.07) is 8.15. The van der Waals surface area contributed by atoms with Gasteiger partial charge < -0.3 is 19.7 Å². The third-order valence-corrected chi connectivity index (χ3v) is 6.32. The first-order valence-electron chi connectivity index (χ1n) is 10.5. The van der Waals surface area contributed by atoms with Crippen LogP contribution in [0.4, 0.5) is 0 Å². The molecule has 0 aromatic heterocycles. The second kappa shape index (κ2) is 12.1. The van der Waals surface area contributed by atoms with Gasteiger partial charge in [-0.3, -0.25) is 9.79 Å². The van der Waals surface area contributed by atoms with Crippen molar-refractivity contribution >= 4 is 47.5 Å². The molecule has 0 saturated carbocycles. The SMILES string of the molecule is CCNC(=NCC1(c2cccc(Cl)c2)CCOCC1)N1CCC(C(=O)OC)CC1.I. The van der Waals surface area contributed by atoms with Crippen LogP contribution in [0.2, 0.25) is 5.02 Å². The molecular formula is C22H33ClIN3O3. The summed E-state index contributed by atoms with van der Waals surface area (Å²) >= 11 is 6.29. The van der Waals surface area contributed by atoms with E-state index >= 15 is 0 Å². The minimum atomic E-state index is -0.103. The van der Waals surface area contributed by atoms with E-state index in [1.165, 1.54) is 12.7 Å². The van der Waals surface area contributed by atoms with Gasteiger partial charge in [0.2, 0.25) is 0 Å². The fourth-order valence-electron chi connectivity index (χ4n) is 4.26. The van der Waals surface area contributed by atoms with Gasteiger partial charge in [0, 0.05) is 43.3 Å². The van der Waals surface area contributed by atoms with E-state index in [1.54, 1.807) is 0 Å². The maximum Gasteiger partial charge on any atom is 0.308 e. The minimum Gasteiger partial charge on any atom is -0.469 e. The van der Waals surface area contributed by atoms with E-state index < -0.39 is 0 Å². The summed E-state index contributed by atoms with van der Waals surface area (Å²) in [7, 11) is 1.46. The van der Waals surface area contributed by atoms with Gasteiger partial charge in [0.15, 0.2) is 5.96 Å². The highest BCUT2D eigenvalue weighted by Gasteiger charge is 2.35. The maximum absolute atomic E-state index is 11.8. The number of nitrogens with one attached hydrogen (secondary N) is 1. The van der Waals surface area contributed by atoms with E-state index in [9.17, 15) is 4.79 Å². The van der Waals surface area contributed by atoms with Crippen LogP contribution in [0.1, 0.15) is 38.2 Å². The van der Waals surface area contributed by atoms with Crippen LogP contribution in [-0.2, 0) is 19.7 Å². The van der Waals surface area contributed by atoms with Gasteiger partial charge in [-0.2, -0.15) is 0 Å². The number of carbonyl (C=O) groups excluding carboxylic acids is 1. The largest absolute Gasteiger partial charge is 0.469 e. The number of benzene rings is 1. The van der Waals surface area contributed by atoms with Gasteiger partial charge in [0.1, 0.15) is 0 Å². The van der Waals surface area contributed by atoms with Crippen LogP contribution in [0.3, 0.4) is 0 Å². The van der Waals surface area contributed by atoms with E-state index in [4.69, 9.17) is 26.1 Å². The number of nitrogens with zero attached hydrogens (tertiary/aromatic N) is 2. The molecule has 1 aromatic carbocycles. The van der Waals surface area contributed by atoms with Gasteiger partial charge >= 0.3 is 5.97 Å². The van der Waals surface area contributed by atoms with Crippen molar-refractivity contribution in [3.63, 3.8) is 0 Å². The highest BCUT2D eigenvalue weighted by atomic mass is 127. The summed E-state index contributed by atoms with van der Waals surface area (Å²) < 4.78 is 10.5. The van der Waals surface area contributed by atoms with Crippen molar-refractivity contribution in [3.8, 4) is 0 Å². The molecule has 0 radical (unpaired) electrons. The normalized spacial score (nSPS) is 19.7. The topological polar surface area (TPSA) is 63.2 Å². The molecule has 0 atom stereocenters. The summed E-state index contributed by atoms with van der Waals surface area (Å²) in [6.45, 7) is 6.67. The van der Waals surface area contributed by atoms with Crippen molar-refractivity contribution in [2.75, 3.05) is 46.5 Å². The number of hydrogen-bond donors (Lipinski definition) is 1. The Labute approximate surface area is 201 Å². The van der Waals surface area contributed by atoms with Crippen LogP contribution in [0.15, 0.2) is 29.3 Å². The number of ether oxygens (including phenoxy) is 2. The number of piperidine rings is 1. The molecule has 168 valence electrons. The monoisotopic (exact) mass is 549 g/mol. The molecule has 2 aliphatic rings. The number of esters is 1. The minimum absolute atomic E-state index is 0. The number of carbonyl (C=O) groups is 1.